The molecule has 0 aromatic heterocycles. The van der Waals surface area contributed by atoms with Gasteiger partial charge < -0.3 is 9.47 Å². The van der Waals surface area contributed by atoms with Gasteiger partial charge in [0.05, 0.1) is 13.5 Å². The molecule has 0 aliphatic heterocycles. The van der Waals surface area contributed by atoms with Crippen LogP contribution in [0.3, 0.4) is 0 Å². The monoisotopic (exact) mass is 276 g/mol. The van der Waals surface area contributed by atoms with E-state index in [9.17, 15) is 9.59 Å². The molecule has 0 aliphatic carbocycles. The van der Waals surface area contributed by atoms with E-state index >= 15 is 0 Å². The van der Waals surface area contributed by atoms with Gasteiger partial charge in [-0.3, -0.25) is 4.79 Å². The Kier molecular flexibility index (Phi) is 5.50. The molecule has 108 valence electrons. The molecule has 0 fully saturated rings. The summed E-state index contributed by atoms with van der Waals surface area (Å²) in [5.74, 6) is -0.728. The van der Waals surface area contributed by atoms with Crippen molar-refractivity contribution in [3.05, 3.63) is 41.5 Å². The highest BCUT2D eigenvalue weighted by Crippen LogP contribution is 2.13. The summed E-state index contributed by atoms with van der Waals surface area (Å²) in [6, 6.07) is 7.34. The molecule has 0 saturated carbocycles. The second kappa shape index (κ2) is 6.89. The lowest BCUT2D eigenvalue weighted by Crippen LogP contribution is -2.22. The van der Waals surface area contributed by atoms with Gasteiger partial charge in [0.15, 0.2) is 0 Å². The Balaban J connectivity index is 2.82. The minimum Gasteiger partial charge on any atom is -0.469 e. The molecule has 0 radical (unpaired) electrons. The summed E-state index contributed by atoms with van der Waals surface area (Å²) >= 11 is 0. The average molecular weight is 276 g/mol. The fraction of sp³-hybridized carbons (Fsp3) is 0.375. The van der Waals surface area contributed by atoms with E-state index in [-0.39, 0.29) is 12.4 Å². The van der Waals surface area contributed by atoms with Crippen molar-refractivity contribution in [3.63, 3.8) is 0 Å². The highest BCUT2D eigenvalue weighted by atomic mass is 16.6. The van der Waals surface area contributed by atoms with Gasteiger partial charge in [0.1, 0.15) is 5.60 Å². The molecule has 0 N–H and O–H groups in total. The first-order valence-electron chi connectivity index (χ1n) is 6.37. The van der Waals surface area contributed by atoms with E-state index in [2.05, 4.69) is 4.74 Å². The molecule has 0 heterocycles. The molecule has 20 heavy (non-hydrogen) atoms. The lowest BCUT2D eigenvalue weighted by molar-refractivity contribution is -0.148. The van der Waals surface area contributed by atoms with Crippen molar-refractivity contribution < 1.29 is 19.1 Å². The van der Waals surface area contributed by atoms with E-state index in [1.54, 1.807) is 6.08 Å². The second-order valence-electron chi connectivity index (χ2n) is 5.32. The third kappa shape index (κ3) is 5.69. The van der Waals surface area contributed by atoms with Crippen molar-refractivity contribution in [2.24, 2.45) is 0 Å². The molecule has 0 bridgehead atoms. The summed E-state index contributed by atoms with van der Waals surface area (Å²) < 4.78 is 9.83. The second-order valence-corrected chi connectivity index (χ2v) is 5.32. The topological polar surface area (TPSA) is 52.6 Å². The number of rotatable bonds is 4. The highest BCUT2D eigenvalue weighted by Gasteiger charge is 2.14. The van der Waals surface area contributed by atoms with E-state index in [0.29, 0.717) is 0 Å². The minimum atomic E-state index is -0.521. The zero-order valence-corrected chi connectivity index (χ0v) is 12.3. The van der Waals surface area contributed by atoms with Crippen LogP contribution in [0.2, 0.25) is 0 Å². The van der Waals surface area contributed by atoms with Gasteiger partial charge in [-0.2, -0.15) is 0 Å². The predicted molar refractivity (Wildman–Crippen MR) is 77.0 cm³/mol. The first kappa shape index (κ1) is 16.0. The fourth-order valence-electron chi connectivity index (χ4n) is 1.58. The average Bonchev–Trinajstić information content (AvgIpc) is 2.35. The standard InChI is InChI=1S/C16H20O4/c1-16(2,3)20-14(17)10-9-12-7-5-6-8-13(12)11-15(18)19-4/h5-10H,11H2,1-4H3/b10-9+. The zero-order chi connectivity index (χ0) is 15.2. The van der Waals surface area contributed by atoms with Crippen LogP contribution in [0.5, 0.6) is 0 Å². The first-order valence-corrected chi connectivity index (χ1v) is 6.37. The van der Waals surface area contributed by atoms with Gasteiger partial charge in [0.2, 0.25) is 0 Å². The summed E-state index contributed by atoms with van der Waals surface area (Å²) in [6.45, 7) is 5.43. The van der Waals surface area contributed by atoms with Crippen LogP contribution < -0.4 is 0 Å². The molecule has 4 nitrogen and oxygen atoms in total. The maximum atomic E-state index is 11.6. The molecule has 0 saturated heterocycles. The summed E-state index contributed by atoms with van der Waals surface area (Å²) in [5, 5.41) is 0. The van der Waals surface area contributed by atoms with Crippen molar-refractivity contribution in [1.82, 2.24) is 0 Å². The van der Waals surface area contributed by atoms with Crippen LogP contribution in [0.15, 0.2) is 30.3 Å². The van der Waals surface area contributed by atoms with Crippen LogP contribution in [0.25, 0.3) is 6.08 Å². The van der Waals surface area contributed by atoms with Crippen LogP contribution in [0.1, 0.15) is 31.9 Å². The molecular weight excluding hydrogens is 256 g/mol. The smallest absolute Gasteiger partial charge is 0.331 e. The van der Waals surface area contributed by atoms with Crippen molar-refractivity contribution in [2.45, 2.75) is 32.8 Å². The van der Waals surface area contributed by atoms with Crippen molar-refractivity contribution in [2.75, 3.05) is 7.11 Å². The fourth-order valence-corrected chi connectivity index (χ4v) is 1.58. The van der Waals surface area contributed by atoms with Crippen molar-refractivity contribution in [1.29, 1.82) is 0 Å². The van der Waals surface area contributed by atoms with Crippen LogP contribution in [0, 0.1) is 0 Å². The number of methoxy groups -OCH3 is 1. The molecule has 0 spiro atoms. The summed E-state index contributed by atoms with van der Waals surface area (Å²) in [7, 11) is 1.35. The molecular formula is C16H20O4. The van der Waals surface area contributed by atoms with E-state index in [4.69, 9.17) is 4.74 Å². The Morgan fingerprint density at radius 2 is 1.85 bits per heavy atom. The predicted octanol–water partition coefficient (Wildman–Crippen LogP) is 2.76. The lowest BCUT2D eigenvalue weighted by Gasteiger charge is -2.17. The Labute approximate surface area is 119 Å². The third-order valence-electron chi connectivity index (χ3n) is 2.42. The number of benzene rings is 1. The van der Waals surface area contributed by atoms with E-state index in [0.717, 1.165) is 11.1 Å². The van der Waals surface area contributed by atoms with Gasteiger partial charge in [-0.05, 0) is 38.0 Å². The number of carbonyl (C=O) groups excluding carboxylic acids is 2. The molecule has 1 aromatic carbocycles. The van der Waals surface area contributed by atoms with Crippen molar-refractivity contribution in [3.8, 4) is 0 Å². The van der Waals surface area contributed by atoms with E-state index < -0.39 is 11.6 Å². The van der Waals surface area contributed by atoms with Crippen LogP contribution >= 0.6 is 0 Å². The molecule has 0 aliphatic rings. The lowest BCUT2D eigenvalue weighted by atomic mass is 10.0. The van der Waals surface area contributed by atoms with Gasteiger partial charge in [0, 0.05) is 6.08 Å². The van der Waals surface area contributed by atoms with Gasteiger partial charge in [-0.1, -0.05) is 24.3 Å². The maximum absolute atomic E-state index is 11.6. The number of hydrogen-bond donors (Lipinski definition) is 0. The Bertz CT molecular complexity index is 509. The summed E-state index contributed by atoms with van der Waals surface area (Å²) in [4.78, 5) is 22.9. The number of carbonyl (C=O) groups is 2. The van der Waals surface area contributed by atoms with Crippen LogP contribution in [-0.2, 0) is 25.5 Å². The summed E-state index contributed by atoms with van der Waals surface area (Å²) in [5.41, 5.74) is 1.08. The number of esters is 2. The van der Waals surface area contributed by atoms with Gasteiger partial charge >= 0.3 is 11.9 Å². The Morgan fingerprint density at radius 1 is 1.20 bits per heavy atom. The van der Waals surface area contributed by atoms with E-state index in [1.807, 2.05) is 45.0 Å². The number of hydrogen-bond acceptors (Lipinski definition) is 4. The van der Waals surface area contributed by atoms with Crippen LogP contribution in [0.4, 0.5) is 0 Å². The maximum Gasteiger partial charge on any atom is 0.331 e. The molecule has 1 rings (SSSR count). The largest absolute Gasteiger partial charge is 0.469 e. The molecule has 0 amide bonds. The molecule has 1 aromatic rings. The van der Waals surface area contributed by atoms with Crippen molar-refractivity contribution >= 4 is 18.0 Å². The Morgan fingerprint density at radius 3 is 2.45 bits per heavy atom. The number of ether oxygens (including phenoxy) is 2. The van der Waals surface area contributed by atoms with E-state index in [1.165, 1.54) is 13.2 Å². The quantitative estimate of drug-likeness (QED) is 0.627. The molecule has 4 heteroatoms. The molecule has 0 atom stereocenters. The normalized spacial score (nSPS) is 11.4. The highest BCUT2D eigenvalue weighted by molar-refractivity contribution is 5.88. The third-order valence-corrected chi connectivity index (χ3v) is 2.42. The SMILES string of the molecule is COC(=O)Cc1ccccc1/C=C/C(=O)OC(C)(C)C. The van der Waals surface area contributed by atoms with Gasteiger partial charge in [-0.15, -0.1) is 0 Å². The zero-order valence-electron chi connectivity index (χ0n) is 12.3. The minimum absolute atomic E-state index is 0.172. The Hall–Kier alpha value is -2.10. The molecule has 0 unspecified atom stereocenters. The first-order chi connectivity index (χ1) is 9.31. The van der Waals surface area contributed by atoms with Gasteiger partial charge in [0.25, 0.3) is 0 Å². The van der Waals surface area contributed by atoms with Crippen LogP contribution in [-0.4, -0.2) is 24.6 Å². The summed E-state index contributed by atoms with van der Waals surface area (Å²) in [6.07, 6.45) is 3.18. The van der Waals surface area contributed by atoms with Gasteiger partial charge in [-0.25, -0.2) is 4.79 Å².